The first-order valence-electron chi connectivity index (χ1n) is 11.4. The molecule has 2 rings (SSSR count). The molecule has 3 amide bonds. The number of nitrogens with zero attached hydrogens (tertiary/aromatic N) is 4. The Morgan fingerprint density at radius 2 is 1.26 bits per heavy atom. The number of aromatic nitrogens is 1. The van der Waals surface area contributed by atoms with Gasteiger partial charge in [-0.15, -0.1) is 0 Å². The van der Waals surface area contributed by atoms with Gasteiger partial charge in [0.05, 0.1) is 0 Å². The number of ether oxygens (including phenoxy) is 3. The fourth-order valence-electron chi connectivity index (χ4n) is 3.08. The Kier molecular flexibility index (Phi) is 8.06. The van der Waals surface area contributed by atoms with Crippen LogP contribution in [0.4, 0.5) is 25.9 Å². The van der Waals surface area contributed by atoms with Gasteiger partial charge in [-0.25, -0.2) is 19.4 Å². The van der Waals surface area contributed by atoms with Crippen LogP contribution in [0.3, 0.4) is 0 Å². The standard InChI is InChI=1S/C24H38N4O6/c1-22(2,3)32-19(29)27-14-12-26(13-15-27)17-10-11-25-18(16-17)28(20(30)33-23(4,5)6)21(31)34-24(7,8)9/h10-11,16H,12-15H2,1-9H3. The molecule has 1 fully saturated rings. The summed E-state index contributed by atoms with van der Waals surface area (Å²) in [6.45, 7) is 17.9. The molecule has 0 unspecified atom stereocenters. The zero-order valence-corrected chi connectivity index (χ0v) is 21.8. The minimum Gasteiger partial charge on any atom is -0.444 e. The van der Waals surface area contributed by atoms with Crippen LogP contribution in [0.25, 0.3) is 0 Å². The number of imide groups is 1. The maximum Gasteiger partial charge on any atom is 0.425 e. The highest BCUT2D eigenvalue weighted by atomic mass is 16.6. The van der Waals surface area contributed by atoms with Crippen molar-refractivity contribution in [2.45, 2.75) is 79.1 Å². The van der Waals surface area contributed by atoms with Crippen molar-refractivity contribution in [2.75, 3.05) is 36.0 Å². The SMILES string of the molecule is CC(C)(C)OC(=O)N1CCN(c2ccnc(N(C(=O)OC(C)(C)C)C(=O)OC(C)(C)C)c2)CC1. The summed E-state index contributed by atoms with van der Waals surface area (Å²) in [7, 11) is 0. The van der Waals surface area contributed by atoms with Crippen LogP contribution in [0.1, 0.15) is 62.3 Å². The molecule has 1 aromatic heterocycles. The Morgan fingerprint density at radius 1 is 0.794 bits per heavy atom. The number of hydrogen-bond donors (Lipinski definition) is 0. The lowest BCUT2D eigenvalue weighted by molar-refractivity contribution is 0.0239. The molecule has 0 N–H and O–H groups in total. The van der Waals surface area contributed by atoms with E-state index in [1.54, 1.807) is 58.6 Å². The van der Waals surface area contributed by atoms with Crippen LogP contribution in [0.15, 0.2) is 18.3 Å². The van der Waals surface area contributed by atoms with Crippen molar-refractivity contribution in [1.29, 1.82) is 0 Å². The van der Waals surface area contributed by atoms with Gasteiger partial charge in [-0.3, -0.25) is 0 Å². The van der Waals surface area contributed by atoms with Gasteiger partial charge in [-0.05, 0) is 68.4 Å². The smallest absolute Gasteiger partial charge is 0.425 e. The zero-order chi connectivity index (χ0) is 25.9. The number of carbonyl (C=O) groups is 3. The van der Waals surface area contributed by atoms with E-state index in [1.165, 1.54) is 6.20 Å². The maximum atomic E-state index is 12.9. The molecule has 34 heavy (non-hydrogen) atoms. The van der Waals surface area contributed by atoms with Crippen LogP contribution in [-0.2, 0) is 14.2 Å². The molecule has 0 saturated carbocycles. The highest BCUT2D eigenvalue weighted by Gasteiger charge is 2.34. The molecule has 0 spiro atoms. The molecule has 0 aromatic carbocycles. The molecule has 1 saturated heterocycles. The van der Waals surface area contributed by atoms with Crippen LogP contribution in [0.5, 0.6) is 0 Å². The predicted molar refractivity (Wildman–Crippen MR) is 129 cm³/mol. The molecular weight excluding hydrogens is 440 g/mol. The van der Waals surface area contributed by atoms with Gasteiger partial charge in [0.1, 0.15) is 16.8 Å². The number of pyridine rings is 1. The molecule has 1 aromatic rings. The van der Waals surface area contributed by atoms with E-state index in [-0.39, 0.29) is 11.9 Å². The van der Waals surface area contributed by atoms with Gasteiger partial charge in [-0.2, -0.15) is 4.90 Å². The zero-order valence-electron chi connectivity index (χ0n) is 21.8. The van der Waals surface area contributed by atoms with Crippen molar-refractivity contribution in [3.05, 3.63) is 18.3 Å². The molecule has 1 aliphatic rings. The Hall–Kier alpha value is -3.04. The van der Waals surface area contributed by atoms with Crippen LogP contribution in [0, 0.1) is 0 Å². The van der Waals surface area contributed by atoms with E-state index in [1.807, 2.05) is 20.8 Å². The quantitative estimate of drug-likeness (QED) is 0.558. The monoisotopic (exact) mass is 478 g/mol. The number of rotatable bonds is 2. The van der Waals surface area contributed by atoms with Crippen molar-refractivity contribution in [1.82, 2.24) is 9.88 Å². The second-order valence-electron chi connectivity index (χ2n) is 11.1. The summed E-state index contributed by atoms with van der Waals surface area (Å²) in [5.41, 5.74) is -1.42. The summed E-state index contributed by atoms with van der Waals surface area (Å²) in [6, 6.07) is 3.42. The third kappa shape index (κ3) is 8.39. The Bertz CT molecular complexity index is 862. The summed E-state index contributed by atoms with van der Waals surface area (Å²) in [5, 5.41) is 0. The average molecular weight is 479 g/mol. The number of piperazine rings is 1. The van der Waals surface area contributed by atoms with Gasteiger partial charge in [-0.1, -0.05) is 0 Å². The van der Waals surface area contributed by atoms with Crippen LogP contribution >= 0.6 is 0 Å². The van der Waals surface area contributed by atoms with Gasteiger partial charge in [0, 0.05) is 44.1 Å². The van der Waals surface area contributed by atoms with E-state index in [2.05, 4.69) is 9.88 Å². The minimum atomic E-state index is -0.874. The molecular formula is C24H38N4O6. The first-order valence-corrected chi connectivity index (χ1v) is 11.4. The summed E-state index contributed by atoms with van der Waals surface area (Å²) in [6.07, 6.45) is -0.571. The maximum absolute atomic E-state index is 12.9. The van der Waals surface area contributed by atoms with E-state index in [4.69, 9.17) is 14.2 Å². The average Bonchev–Trinajstić information content (AvgIpc) is 2.64. The normalized spacial score (nSPS) is 15.0. The molecule has 0 atom stereocenters. The largest absolute Gasteiger partial charge is 0.444 e. The van der Waals surface area contributed by atoms with Crippen LogP contribution in [0.2, 0.25) is 0 Å². The lowest BCUT2D eigenvalue weighted by atomic mass is 10.2. The van der Waals surface area contributed by atoms with Crippen molar-refractivity contribution in [3.8, 4) is 0 Å². The molecule has 10 heteroatoms. The molecule has 10 nitrogen and oxygen atoms in total. The van der Waals surface area contributed by atoms with Crippen molar-refractivity contribution in [3.63, 3.8) is 0 Å². The fourth-order valence-corrected chi connectivity index (χ4v) is 3.08. The third-order valence-corrected chi connectivity index (χ3v) is 4.41. The van der Waals surface area contributed by atoms with E-state index < -0.39 is 29.0 Å². The van der Waals surface area contributed by atoms with E-state index in [9.17, 15) is 14.4 Å². The summed E-state index contributed by atoms with van der Waals surface area (Å²) in [5.74, 6) is 0.0931. The highest BCUT2D eigenvalue weighted by Crippen LogP contribution is 2.25. The van der Waals surface area contributed by atoms with Crippen molar-refractivity contribution < 1.29 is 28.6 Å². The lowest BCUT2D eigenvalue weighted by Crippen LogP contribution is -2.50. The Morgan fingerprint density at radius 3 is 1.71 bits per heavy atom. The Labute approximate surface area is 202 Å². The van der Waals surface area contributed by atoms with Gasteiger partial charge < -0.3 is 24.0 Å². The predicted octanol–water partition coefficient (Wildman–Crippen LogP) is 4.82. The van der Waals surface area contributed by atoms with E-state index >= 15 is 0 Å². The summed E-state index contributed by atoms with van der Waals surface area (Å²) >= 11 is 0. The van der Waals surface area contributed by atoms with Gasteiger partial charge in [0.2, 0.25) is 0 Å². The topological polar surface area (TPSA) is 102 Å². The second-order valence-corrected chi connectivity index (χ2v) is 11.1. The molecule has 1 aliphatic heterocycles. The second kappa shape index (κ2) is 10.1. The Balaban J connectivity index is 2.22. The summed E-state index contributed by atoms with van der Waals surface area (Å²) < 4.78 is 16.3. The number of hydrogen-bond acceptors (Lipinski definition) is 8. The first-order chi connectivity index (χ1) is 15.5. The molecule has 0 radical (unpaired) electrons. The summed E-state index contributed by atoms with van der Waals surface area (Å²) in [4.78, 5) is 46.9. The van der Waals surface area contributed by atoms with Crippen molar-refractivity contribution >= 4 is 29.8 Å². The molecule has 0 bridgehead atoms. The van der Waals surface area contributed by atoms with Gasteiger partial charge in [0.25, 0.3) is 0 Å². The molecule has 190 valence electrons. The van der Waals surface area contributed by atoms with Crippen LogP contribution in [-0.4, -0.2) is 71.1 Å². The minimum absolute atomic E-state index is 0.0931. The number of anilines is 2. The number of carbonyl (C=O) groups excluding carboxylic acids is 3. The molecule has 0 aliphatic carbocycles. The van der Waals surface area contributed by atoms with Crippen LogP contribution < -0.4 is 9.80 Å². The van der Waals surface area contributed by atoms with Gasteiger partial charge in [0.15, 0.2) is 5.82 Å². The van der Waals surface area contributed by atoms with Crippen molar-refractivity contribution in [2.24, 2.45) is 0 Å². The highest BCUT2D eigenvalue weighted by molar-refractivity contribution is 6.09. The van der Waals surface area contributed by atoms with Gasteiger partial charge >= 0.3 is 18.3 Å². The first kappa shape index (κ1) is 27.2. The third-order valence-electron chi connectivity index (χ3n) is 4.41. The molecule has 2 heterocycles. The van der Waals surface area contributed by atoms with E-state index in [0.29, 0.717) is 26.2 Å². The lowest BCUT2D eigenvalue weighted by Gasteiger charge is -2.37. The fraction of sp³-hybridized carbons (Fsp3) is 0.667. The van der Waals surface area contributed by atoms with E-state index in [0.717, 1.165) is 10.6 Å². The number of amides is 3.